The van der Waals surface area contributed by atoms with E-state index in [4.69, 9.17) is 0 Å². The lowest BCUT2D eigenvalue weighted by molar-refractivity contribution is -0.117. The number of carbonyl (C=O) groups excluding carboxylic acids is 2. The standard InChI is InChI=1S/C16H15NO2/c1-12(13-8-4-2-5-9-13)17-16(19)15(18)14-10-6-3-7-11-14/h2-12H,1H3,(H,17,19)/t12-/m1/s1. The van der Waals surface area contributed by atoms with E-state index in [0.29, 0.717) is 5.56 Å². The van der Waals surface area contributed by atoms with E-state index in [2.05, 4.69) is 5.32 Å². The second-order valence-electron chi connectivity index (χ2n) is 4.30. The normalized spacial score (nSPS) is 11.6. The predicted molar refractivity (Wildman–Crippen MR) is 73.8 cm³/mol. The summed E-state index contributed by atoms with van der Waals surface area (Å²) in [7, 11) is 0. The van der Waals surface area contributed by atoms with Crippen LogP contribution in [0, 0.1) is 0 Å². The molecule has 0 aromatic heterocycles. The molecule has 96 valence electrons. The first-order chi connectivity index (χ1) is 9.18. The number of ketones is 1. The van der Waals surface area contributed by atoms with Gasteiger partial charge in [0.05, 0.1) is 6.04 Å². The van der Waals surface area contributed by atoms with Crippen molar-refractivity contribution in [2.75, 3.05) is 0 Å². The van der Waals surface area contributed by atoms with Crippen LogP contribution in [0.4, 0.5) is 0 Å². The second kappa shape index (κ2) is 5.96. The first-order valence-electron chi connectivity index (χ1n) is 6.13. The fourth-order valence-electron chi connectivity index (χ4n) is 1.81. The summed E-state index contributed by atoms with van der Waals surface area (Å²) in [6, 6.07) is 17.9. The van der Waals surface area contributed by atoms with Gasteiger partial charge in [-0.3, -0.25) is 9.59 Å². The van der Waals surface area contributed by atoms with Crippen LogP contribution >= 0.6 is 0 Å². The Hall–Kier alpha value is -2.42. The SMILES string of the molecule is C[C@@H](NC(=O)C(=O)c1ccccc1)c1ccccc1. The summed E-state index contributed by atoms with van der Waals surface area (Å²) in [5.74, 6) is -1.09. The van der Waals surface area contributed by atoms with Gasteiger partial charge in [-0.25, -0.2) is 0 Å². The highest BCUT2D eigenvalue weighted by atomic mass is 16.2. The van der Waals surface area contributed by atoms with Crippen LogP contribution in [0.15, 0.2) is 60.7 Å². The number of rotatable bonds is 4. The molecule has 1 amide bonds. The van der Waals surface area contributed by atoms with Crippen molar-refractivity contribution in [1.29, 1.82) is 0 Å². The maximum atomic E-state index is 11.9. The van der Waals surface area contributed by atoms with Crippen LogP contribution in [0.1, 0.15) is 28.9 Å². The van der Waals surface area contributed by atoms with Crippen LogP contribution in [-0.2, 0) is 4.79 Å². The van der Waals surface area contributed by atoms with Crippen molar-refractivity contribution in [3.63, 3.8) is 0 Å². The minimum atomic E-state index is -0.581. The van der Waals surface area contributed by atoms with Gasteiger partial charge in [-0.15, -0.1) is 0 Å². The van der Waals surface area contributed by atoms with Crippen LogP contribution in [0.2, 0.25) is 0 Å². The lowest BCUT2D eigenvalue weighted by atomic mass is 10.1. The number of hydrogen-bond donors (Lipinski definition) is 1. The molecular weight excluding hydrogens is 238 g/mol. The number of carbonyl (C=O) groups is 2. The van der Waals surface area contributed by atoms with Crippen LogP contribution < -0.4 is 5.32 Å². The third-order valence-electron chi connectivity index (χ3n) is 2.89. The largest absolute Gasteiger partial charge is 0.343 e. The Bertz CT molecular complexity index is 564. The van der Waals surface area contributed by atoms with Gasteiger partial charge in [0.15, 0.2) is 0 Å². The summed E-state index contributed by atoms with van der Waals surface area (Å²) < 4.78 is 0. The summed E-state index contributed by atoms with van der Waals surface area (Å²) in [5.41, 5.74) is 1.37. The van der Waals surface area contributed by atoms with E-state index >= 15 is 0 Å². The van der Waals surface area contributed by atoms with E-state index in [1.165, 1.54) is 0 Å². The average molecular weight is 253 g/mol. The molecule has 19 heavy (non-hydrogen) atoms. The first kappa shape index (κ1) is 13.0. The van der Waals surface area contributed by atoms with Crippen molar-refractivity contribution in [1.82, 2.24) is 5.32 Å². The summed E-state index contributed by atoms with van der Waals surface area (Å²) in [4.78, 5) is 23.8. The Kier molecular flexibility index (Phi) is 4.08. The van der Waals surface area contributed by atoms with E-state index in [-0.39, 0.29) is 6.04 Å². The Balaban J connectivity index is 2.04. The molecule has 1 N–H and O–H groups in total. The van der Waals surface area contributed by atoms with Gasteiger partial charge in [-0.05, 0) is 12.5 Å². The molecule has 0 radical (unpaired) electrons. The molecule has 0 saturated heterocycles. The highest BCUT2D eigenvalue weighted by Crippen LogP contribution is 2.11. The van der Waals surface area contributed by atoms with Crippen molar-refractivity contribution in [2.45, 2.75) is 13.0 Å². The summed E-state index contributed by atoms with van der Waals surface area (Å²) in [6.07, 6.45) is 0. The smallest absolute Gasteiger partial charge is 0.292 e. The molecule has 0 heterocycles. The zero-order valence-electron chi connectivity index (χ0n) is 10.7. The van der Waals surface area contributed by atoms with Crippen molar-refractivity contribution in [3.05, 3.63) is 71.8 Å². The van der Waals surface area contributed by atoms with E-state index in [1.807, 2.05) is 37.3 Å². The van der Waals surface area contributed by atoms with E-state index in [9.17, 15) is 9.59 Å². The molecule has 0 bridgehead atoms. The molecule has 0 aliphatic heterocycles. The molecule has 3 nitrogen and oxygen atoms in total. The van der Waals surface area contributed by atoms with E-state index in [1.54, 1.807) is 30.3 Å². The monoisotopic (exact) mass is 253 g/mol. The quantitative estimate of drug-likeness (QED) is 0.672. The number of hydrogen-bond acceptors (Lipinski definition) is 2. The zero-order valence-corrected chi connectivity index (χ0v) is 10.7. The Morgan fingerprint density at radius 3 is 2.00 bits per heavy atom. The fraction of sp³-hybridized carbons (Fsp3) is 0.125. The van der Waals surface area contributed by atoms with Crippen LogP contribution in [0.25, 0.3) is 0 Å². The van der Waals surface area contributed by atoms with Crippen LogP contribution in [-0.4, -0.2) is 11.7 Å². The van der Waals surface area contributed by atoms with Crippen LogP contribution in [0.5, 0.6) is 0 Å². The molecule has 2 rings (SSSR count). The second-order valence-corrected chi connectivity index (χ2v) is 4.30. The summed E-state index contributed by atoms with van der Waals surface area (Å²) >= 11 is 0. The minimum absolute atomic E-state index is 0.193. The van der Waals surface area contributed by atoms with Crippen molar-refractivity contribution in [3.8, 4) is 0 Å². The topological polar surface area (TPSA) is 46.2 Å². The molecular formula is C16H15NO2. The van der Waals surface area contributed by atoms with Gasteiger partial charge in [-0.2, -0.15) is 0 Å². The van der Waals surface area contributed by atoms with Crippen molar-refractivity contribution >= 4 is 11.7 Å². The number of amides is 1. The molecule has 0 aliphatic rings. The van der Waals surface area contributed by atoms with Gasteiger partial charge in [-0.1, -0.05) is 60.7 Å². The van der Waals surface area contributed by atoms with Gasteiger partial charge < -0.3 is 5.32 Å². The molecule has 1 atom stereocenters. The maximum absolute atomic E-state index is 11.9. The lowest BCUT2D eigenvalue weighted by Crippen LogP contribution is -2.33. The highest BCUT2D eigenvalue weighted by Gasteiger charge is 2.18. The summed E-state index contributed by atoms with van der Waals surface area (Å²) in [5, 5.41) is 2.71. The molecule has 2 aromatic rings. The highest BCUT2D eigenvalue weighted by molar-refractivity contribution is 6.42. The molecule has 0 saturated carbocycles. The van der Waals surface area contributed by atoms with E-state index < -0.39 is 11.7 Å². The van der Waals surface area contributed by atoms with Gasteiger partial charge in [0.1, 0.15) is 0 Å². The molecule has 2 aromatic carbocycles. The molecule has 0 unspecified atom stereocenters. The fourth-order valence-corrected chi connectivity index (χ4v) is 1.81. The number of benzene rings is 2. The average Bonchev–Trinajstić information content (AvgIpc) is 2.48. The van der Waals surface area contributed by atoms with Crippen LogP contribution in [0.3, 0.4) is 0 Å². The van der Waals surface area contributed by atoms with Gasteiger partial charge >= 0.3 is 0 Å². The first-order valence-corrected chi connectivity index (χ1v) is 6.13. The molecule has 0 fully saturated rings. The molecule has 0 spiro atoms. The van der Waals surface area contributed by atoms with Crippen molar-refractivity contribution in [2.24, 2.45) is 0 Å². The zero-order chi connectivity index (χ0) is 13.7. The molecule has 3 heteroatoms. The van der Waals surface area contributed by atoms with Gasteiger partial charge in [0, 0.05) is 5.56 Å². The Morgan fingerprint density at radius 1 is 0.895 bits per heavy atom. The number of Topliss-reactive ketones (excluding diaryl/α,β-unsaturated/α-hetero) is 1. The van der Waals surface area contributed by atoms with Gasteiger partial charge in [0.25, 0.3) is 5.91 Å². The number of nitrogens with one attached hydrogen (secondary N) is 1. The maximum Gasteiger partial charge on any atom is 0.292 e. The Labute approximate surface area is 112 Å². The van der Waals surface area contributed by atoms with Crippen molar-refractivity contribution < 1.29 is 9.59 Å². The third-order valence-corrected chi connectivity index (χ3v) is 2.89. The summed E-state index contributed by atoms with van der Waals surface area (Å²) in [6.45, 7) is 1.85. The molecule has 0 aliphatic carbocycles. The van der Waals surface area contributed by atoms with Gasteiger partial charge in [0.2, 0.25) is 5.78 Å². The Morgan fingerprint density at radius 2 is 1.42 bits per heavy atom. The predicted octanol–water partition coefficient (Wildman–Crippen LogP) is 2.75. The third kappa shape index (κ3) is 3.28. The lowest BCUT2D eigenvalue weighted by Gasteiger charge is -2.13. The minimum Gasteiger partial charge on any atom is -0.343 e. The van der Waals surface area contributed by atoms with E-state index in [0.717, 1.165) is 5.56 Å².